The van der Waals surface area contributed by atoms with E-state index in [-0.39, 0.29) is 5.60 Å². The van der Waals surface area contributed by atoms with E-state index in [1.165, 1.54) is 5.69 Å². The Labute approximate surface area is 211 Å². The van der Waals surface area contributed by atoms with Gasteiger partial charge in [0.15, 0.2) is 0 Å². The van der Waals surface area contributed by atoms with Crippen molar-refractivity contribution >= 4 is 38.1 Å². The molecular formula is C26H29ClN4O3S. The largest absolute Gasteiger partial charge is 0.371 e. The van der Waals surface area contributed by atoms with Gasteiger partial charge in [0.2, 0.25) is 10.0 Å². The third-order valence-electron chi connectivity index (χ3n) is 7.79. The van der Waals surface area contributed by atoms with Crippen LogP contribution >= 0.6 is 11.6 Å². The van der Waals surface area contributed by atoms with E-state index in [9.17, 15) is 8.42 Å². The summed E-state index contributed by atoms with van der Waals surface area (Å²) >= 11 is 6.09. The molecule has 0 saturated carbocycles. The van der Waals surface area contributed by atoms with E-state index >= 15 is 0 Å². The van der Waals surface area contributed by atoms with Gasteiger partial charge < -0.3 is 9.64 Å². The Morgan fingerprint density at radius 3 is 2.40 bits per heavy atom. The zero-order valence-electron chi connectivity index (χ0n) is 19.7. The maximum atomic E-state index is 13.6. The molecule has 3 aliphatic heterocycles. The van der Waals surface area contributed by atoms with E-state index < -0.39 is 15.7 Å². The van der Waals surface area contributed by atoms with Crippen LogP contribution in [0.1, 0.15) is 19.8 Å². The number of hydrogen-bond donors (Lipinski definition) is 0. The van der Waals surface area contributed by atoms with Crippen molar-refractivity contribution in [1.82, 2.24) is 14.2 Å². The van der Waals surface area contributed by atoms with Crippen LogP contribution in [0.5, 0.6) is 0 Å². The predicted molar refractivity (Wildman–Crippen MR) is 137 cm³/mol. The molecule has 35 heavy (non-hydrogen) atoms. The summed E-state index contributed by atoms with van der Waals surface area (Å²) in [7, 11) is -3.65. The summed E-state index contributed by atoms with van der Waals surface area (Å²) in [4.78, 5) is 9.14. The van der Waals surface area contributed by atoms with Crippen LogP contribution in [0.15, 0.2) is 65.8 Å². The van der Waals surface area contributed by atoms with Gasteiger partial charge in [0, 0.05) is 55.8 Å². The molecule has 3 saturated heterocycles. The van der Waals surface area contributed by atoms with Crippen LogP contribution in [0.4, 0.5) is 5.69 Å². The third kappa shape index (κ3) is 4.11. The highest BCUT2D eigenvalue weighted by Crippen LogP contribution is 2.43. The van der Waals surface area contributed by atoms with Crippen LogP contribution in [0.25, 0.3) is 10.8 Å². The van der Waals surface area contributed by atoms with Gasteiger partial charge in [-0.15, -0.1) is 0 Å². The fourth-order valence-corrected chi connectivity index (χ4v) is 7.59. The van der Waals surface area contributed by atoms with Gasteiger partial charge >= 0.3 is 0 Å². The Hall–Kier alpha value is -2.23. The van der Waals surface area contributed by atoms with Crippen molar-refractivity contribution in [3.8, 4) is 0 Å². The molecule has 4 heterocycles. The lowest BCUT2D eigenvalue weighted by Gasteiger charge is -2.43. The second-order valence-electron chi connectivity index (χ2n) is 10.1. The number of benzene rings is 2. The molecule has 0 amide bonds. The Morgan fingerprint density at radius 2 is 1.63 bits per heavy atom. The topological polar surface area (TPSA) is 66.0 Å². The van der Waals surface area contributed by atoms with Crippen molar-refractivity contribution in [3.63, 3.8) is 0 Å². The summed E-state index contributed by atoms with van der Waals surface area (Å²) in [5.74, 6) is 0. The zero-order valence-corrected chi connectivity index (χ0v) is 21.3. The molecule has 0 bridgehead atoms. The Balaban J connectivity index is 1.19. The Kier molecular flexibility index (Phi) is 5.58. The highest BCUT2D eigenvalue weighted by Gasteiger charge is 2.55. The fourth-order valence-electron chi connectivity index (χ4n) is 5.86. The van der Waals surface area contributed by atoms with Crippen molar-refractivity contribution < 1.29 is 13.2 Å². The number of piperazine rings is 1. The average molecular weight is 513 g/mol. The summed E-state index contributed by atoms with van der Waals surface area (Å²) in [5, 5.41) is 2.42. The molecule has 1 spiro atoms. The molecule has 1 unspecified atom stereocenters. The number of fused-ring (bicyclic) bond motifs is 2. The Bertz CT molecular complexity index is 1360. The average Bonchev–Trinajstić information content (AvgIpc) is 3.15. The molecule has 0 N–H and O–H groups in total. The second kappa shape index (κ2) is 8.42. The first-order valence-corrected chi connectivity index (χ1v) is 13.9. The normalized spacial score (nSPS) is 25.3. The summed E-state index contributed by atoms with van der Waals surface area (Å²) < 4.78 is 35.6. The maximum Gasteiger partial charge on any atom is 0.243 e. The molecule has 0 radical (unpaired) electrons. The lowest BCUT2D eigenvalue weighted by atomic mass is 9.91. The van der Waals surface area contributed by atoms with Crippen LogP contribution in [-0.4, -0.2) is 73.2 Å². The van der Waals surface area contributed by atoms with Crippen LogP contribution in [0.2, 0.25) is 5.02 Å². The minimum absolute atomic E-state index is 0.236. The molecule has 9 heteroatoms. The van der Waals surface area contributed by atoms with Crippen molar-refractivity contribution in [2.45, 2.75) is 36.0 Å². The molecule has 1 aromatic heterocycles. The number of pyridine rings is 1. The first-order chi connectivity index (χ1) is 16.8. The highest BCUT2D eigenvalue weighted by atomic mass is 35.5. The summed E-state index contributed by atoms with van der Waals surface area (Å²) in [5.41, 5.74) is 0.320. The van der Waals surface area contributed by atoms with Gasteiger partial charge in [-0.2, -0.15) is 4.31 Å². The minimum atomic E-state index is -3.65. The molecule has 2 aromatic carbocycles. The van der Waals surface area contributed by atoms with Crippen molar-refractivity contribution in [3.05, 3.63) is 65.9 Å². The summed E-state index contributed by atoms with van der Waals surface area (Å²) in [6.07, 6.45) is 5.49. The Morgan fingerprint density at radius 1 is 0.914 bits per heavy atom. The number of hydrogen-bond acceptors (Lipinski definition) is 6. The van der Waals surface area contributed by atoms with Gasteiger partial charge in [-0.25, -0.2) is 8.42 Å². The fraction of sp³-hybridized carbons (Fsp3) is 0.423. The highest BCUT2D eigenvalue weighted by molar-refractivity contribution is 7.89. The number of anilines is 1. The molecule has 7 nitrogen and oxygen atoms in total. The maximum absolute atomic E-state index is 13.6. The smallest absolute Gasteiger partial charge is 0.243 e. The van der Waals surface area contributed by atoms with E-state index in [0.717, 1.165) is 43.2 Å². The van der Waals surface area contributed by atoms with E-state index in [1.54, 1.807) is 22.5 Å². The molecule has 3 aliphatic rings. The number of halogens is 1. The monoisotopic (exact) mass is 512 g/mol. The first-order valence-electron chi connectivity index (χ1n) is 12.1. The van der Waals surface area contributed by atoms with Gasteiger partial charge in [-0.1, -0.05) is 23.7 Å². The SMILES string of the molecule is CC12CN(S(=O)(=O)c3ccc4cc(Cl)ccc4c3)CCN1CC1(CCN(c3ccncc3)CC1)O2. The standard InChI is InChI=1S/C26H29ClN4O3S/c1-25-18-31(35(32,33)24-5-3-20-16-22(27)4-2-21(20)17-24)15-14-30(25)19-26(34-25)8-12-29(13-9-26)23-6-10-28-11-7-23/h2-7,10-11,16-17H,8-9,12-15,18-19H2,1H3. The molecule has 3 fully saturated rings. The summed E-state index contributed by atoms with van der Waals surface area (Å²) in [6, 6.07) is 14.8. The van der Waals surface area contributed by atoms with Crippen LogP contribution in [-0.2, 0) is 14.8 Å². The molecule has 3 aromatic rings. The second-order valence-corrected chi connectivity index (χ2v) is 12.4. The lowest BCUT2D eigenvalue weighted by molar-refractivity contribution is -0.151. The zero-order chi connectivity index (χ0) is 24.3. The van der Waals surface area contributed by atoms with E-state index in [2.05, 4.69) is 14.8 Å². The lowest BCUT2D eigenvalue weighted by Crippen LogP contribution is -2.59. The minimum Gasteiger partial charge on any atom is -0.371 e. The van der Waals surface area contributed by atoms with Gasteiger partial charge in [0.1, 0.15) is 5.72 Å². The van der Waals surface area contributed by atoms with E-state index in [4.69, 9.17) is 16.3 Å². The van der Waals surface area contributed by atoms with E-state index in [1.807, 2.05) is 49.6 Å². The molecule has 184 valence electrons. The first kappa shape index (κ1) is 23.2. The number of rotatable bonds is 3. The van der Waals surface area contributed by atoms with Crippen LogP contribution in [0, 0.1) is 0 Å². The van der Waals surface area contributed by atoms with Crippen molar-refractivity contribution in [1.29, 1.82) is 0 Å². The van der Waals surface area contributed by atoms with Gasteiger partial charge in [-0.3, -0.25) is 9.88 Å². The van der Waals surface area contributed by atoms with Gasteiger partial charge in [-0.05, 0) is 66.9 Å². The van der Waals surface area contributed by atoms with Crippen molar-refractivity contribution in [2.75, 3.05) is 44.2 Å². The predicted octanol–water partition coefficient (Wildman–Crippen LogP) is 3.98. The van der Waals surface area contributed by atoms with E-state index in [0.29, 0.717) is 29.6 Å². The quantitative estimate of drug-likeness (QED) is 0.529. The van der Waals surface area contributed by atoms with Gasteiger partial charge in [0.25, 0.3) is 0 Å². The number of piperidine rings is 1. The number of aromatic nitrogens is 1. The van der Waals surface area contributed by atoms with Crippen molar-refractivity contribution in [2.24, 2.45) is 0 Å². The number of sulfonamides is 1. The summed E-state index contributed by atoms with van der Waals surface area (Å²) in [6.45, 7) is 6.16. The molecule has 0 aliphatic carbocycles. The van der Waals surface area contributed by atoms with Gasteiger partial charge in [0.05, 0.1) is 17.0 Å². The third-order valence-corrected chi connectivity index (χ3v) is 9.86. The van der Waals surface area contributed by atoms with Crippen LogP contribution in [0.3, 0.4) is 0 Å². The molecular weight excluding hydrogens is 484 g/mol. The molecule has 1 atom stereocenters. The molecule has 6 rings (SSSR count). The number of nitrogens with zero attached hydrogens (tertiary/aromatic N) is 4. The van der Waals surface area contributed by atoms with Crippen LogP contribution < -0.4 is 4.90 Å². The number of ether oxygens (including phenoxy) is 1.